The Kier molecular flexibility index (Phi) is 2.62. The quantitative estimate of drug-likeness (QED) is 0.568. The Bertz CT molecular complexity index is 116. The van der Waals surface area contributed by atoms with Gasteiger partial charge in [-0.1, -0.05) is 0 Å². The molecule has 5 heteroatoms. The van der Waals surface area contributed by atoms with Crippen molar-refractivity contribution in [3.05, 3.63) is 6.33 Å². The van der Waals surface area contributed by atoms with Gasteiger partial charge in [-0.25, -0.2) is 4.98 Å². The van der Waals surface area contributed by atoms with E-state index in [1.165, 1.54) is 17.9 Å². The first-order chi connectivity index (χ1) is 2.89. The molecule has 2 N–H and O–H groups in total. The number of rotatable bonds is 0. The van der Waals surface area contributed by atoms with Crippen molar-refractivity contribution in [3.8, 4) is 0 Å². The van der Waals surface area contributed by atoms with Gasteiger partial charge in [0.25, 0.3) is 0 Å². The molecule has 0 aliphatic rings. The highest BCUT2D eigenvalue weighted by Gasteiger charge is 1.78. The van der Waals surface area contributed by atoms with E-state index in [1.807, 2.05) is 0 Å². The largest absolute Gasteiger partial charge is 0.374 e. The van der Waals surface area contributed by atoms with Crippen molar-refractivity contribution in [1.82, 2.24) is 9.36 Å². The van der Waals surface area contributed by atoms with E-state index in [9.17, 15) is 0 Å². The molecule has 0 spiro atoms. The lowest BCUT2D eigenvalue weighted by Crippen LogP contribution is -1.77. The number of hydrogen-bond donors (Lipinski definition) is 1. The standard InChI is InChI=1S/C2H3N3S.ClH/c3-2-4-1-5-6-2;/h1H,(H2,3,4,5);1H. The molecule has 0 aliphatic carbocycles. The van der Waals surface area contributed by atoms with Gasteiger partial charge >= 0.3 is 0 Å². The third-order valence-electron chi connectivity index (χ3n) is 0.378. The van der Waals surface area contributed by atoms with Crippen molar-refractivity contribution < 1.29 is 0 Å². The van der Waals surface area contributed by atoms with Crippen LogP contribution in [0.15, 0.2) is 6.33 Å². The Morgan fingerprint density at radius 1 is 1.71 bits per heavy atom. The van der Waals surface area contributed by atoms with Gasteiger partial charge in [-0.05, 0) is 0 Å². The van der Waals surface area contributed by atoms with Crippen LogP contribution in [0, 0.1) is 0 Å². The normalized spacial score (nSPS) is 7.43. The first kappa shape index (κ1) is 6.65. The van der Waals surface area contributed by atoms with E-state index in [0.29, 0.717) is 5.13 Å². The molecule has 0 fully saturated rings. The molecular formula is C2H4ClN3S. The van der Waals surface area contributed by atoms with Crippen LogP contribution in [-0.4, -0.2) is 9.36 Å². The topological polar surface area (TPSA) is 51.8 Å². The number of nitrogen functional groups attached to an aromatic ring is 1. The van der Waals surface area contributed by atoms with E-state index in [-0.39, 0.29) is 12.4 Å². The molecule has 0 amide bonds. The van der Waals surface area contributed by atoms with E-state index >= 15 is 0 Å². The number of anilines is 1. The van der Waals surface area contributed by atoms with Gasteiger partial charge < -0.3 is 5.73 Å². The van der Waals surface area contributed by atoms with Crippen LogP contribution in [0.2, 0.25) is 0 Å². The zero-order valence-corrected chi connectivity index (χ0v) is 5.00. The fourth-order valence-corrected chi connectivity index (χ4v) is 0.478. The molecule has 0 unspecified atom stereocenters. The molecule has 1 aromatic heterocycles. The summed E-state index contributed by atoms with van der Waals surface area (Å²) in [6.07, 6.45) is 1.43. The zero-order valence-electron chi connectivity index (χ0n) is 3.37. The van der Waals surface area contributed by atoms with E-state index in [1.54, 1.807) is 0 Å². The maximum Gasteiger partial charge on any atom is 0.199 e. The van der Waals surface area contributed by atoms with Gasteiger partial charge in [-0.3, -0.25) is 0 Å². The summed E-state index contributed by atoms with van der Waals surface area (Å²) >= 11 is 1.19. The summed E-state index contributed by atoms with van der Waals surface area (Å²) in [7, 11) is 0. The van der Waals surface area contributed by atoms with Crippen LogP contribution in [0.1, 0.15) is 0 Å². The second-order valence-corrected chi connectivity index (χ2v) is 1.59. The third-order valence-corrected chi connectivity index (χ3v) is 0.871. The Balaban J connectivity index is 0.000000360. The highest BCUT2D eigenvalue weighted by molar-refractivity contribution is 7.09. The lowest BCUT2D eigenvalue weighted by molar-refractivity contribution is 1.34. The summed E-state index contributed by atoms with van der Waals surface area (Å²) < 4.78 is 3.63. The van der Waals surface area contributed by atoms with Crippen LogP contribution in [0.25, 0.3) is 0 Å². The third kappa shape index (κ3) is 1.70. The van der Waals surface area contributed by atoms with Crippen LogP contribution >= 0.6 is 23.9 Å². The molecule has 1 heterocycles. The van der Waals surface area contributed by atoms with Crippen molar-refractivity contribution in [1.29, 1.82) is 0 Å². The van der Waals surface area contributed by atoms with Gasteiger partial charge in [0.2, 0.25) is 0 Å². The SMILES string of the molecule is Cl.Nc1ncns1. The molecule has 1 rings (SSSR count). The maximum atomic E-state index is 5.12. The molecule has 0 saturated heterocycles. The summed E-state index contributed by atoms with van der Waals surface area (Å²) in [5, 5.41) is 0.523. The van der Waals surface area contributed by atoms with Crippen molar-refractivity contribution >= 4 is 29.1 Å². The predicted octanol–water partition coefficient (Wildman–Crippen LogP) is 0.542. The fraction of sp³-hybridized carbons (Fsp3) is 0. The molecule has 0 bridgehead atoms. The molecule has 3 nitrogen and oxygen atoms in total. The Hall–Kier alpha value is -0.350. The van der Waals surface area contributed by atoms with Crippen LogP contribution in [0.3, 0.4) is 0 Å². The van der Waals surface area contributed by atoms with Crippen LogP contribution in [0.5, 0.6) is 0 Å². The Labute approximate surface area is 51.1 Å². The number of hydrogen-bond acceptors (Lipinski definition) is 4. The van der Waals surface area contributed by atoms with Crippen LogP contribution < -0.4 is 5.73 Å². The molecule has 0 atom stereocenters. The minimum absolute atomic E-state index is 0. The summed E-state index contributed by atoms with van der Waals surface area (Å²) in [4.78, 5) is 3.60. The molecule has 0 radical (unpaired) electrons. The predicted molar refractivity (Wildman–Crippen MR) is 31.6 cm³/mol. The van der Waals surface area contributed by atoms with Crippen molar-refractivity contribution in [2.45, 2.75) is 0 Å². The molecule has 7 heavy (non-hydrogen) atoms. The van der Waals surface area contributed by atoms with Crippen molar-refractivity contribution in [2.75, 3.05) is 5.73 Å². The zero-order chi connectivity index (χ0) is 4.41. The summed E-state index contributed by atoms with van der Waals surface area (Å²) in [5.74, 6) is 0. The van der Waals surface area contributed by atoms with E-state index in [4.69, 9.17) is 5.73 Å². The van der Waals surface area contributed by atoms with E-state index < -0.39 is 0 Å². The minimum Gasteiger partial charge on any atom is -0.374 e. The molecule has 1 aromatic rings. The van der Waals surface area contributed by atoms with Gasteiger partial charge in [0.05, 0.1) is 0 Å². The van der Waals surface area contributed by atoms with E-state index in [2.05, 4.69) is 9.36 Å². The van der Waals surface area contributed by atoms with Crippen molar-refractivity contribution in [2.24, 2.45) is 0 Å². The number of halogens is 1. The molecule has 40 valence electrons. The maximum absolute atomic E-state index is 5.12. The monoisotopic (exact) mass is 137 g/mol. The number of nitrogens with two attached hydrogens (primary N) is 1. The average molecular weight is 138 g/mol. The number of nitrogens with zero attached hydrogens (tertiary/aromatic N) is 2. The van der Waals surface area contributed by atoms with Crippen LogP contribution in [0.4, 0.5) is 5.13 Å². The lowest BCUT2D eigenvalue weighted by atomic mass is 11.2. The molecule has 0 saturated carbocycles. The second kappa shape index (κ2) is 2.76. The summed E-state index contributed by atoms with van der Waals surface area (Å²) in [6, 6.07) is 0. The number of aromatic nitrogens is 2. The summed E-state index contributed by atoms with van der Waals surface area (Å²) in [6.45, 7) is 0. The molecule has 0 aromatic carbocycles. The Morgan fingerprint density at radius 2 is 2.43 bits per heavy atom. The Morgan fingerprint density at radius 3 is 2.57 bits per heavy atom. The van der Waals surface area contributed by atoms with Crippen LogP contribution in [-0.2, 0) is 0 Å². The first-order valence-corrected chi connectivity index (χ1v) is 2.19. The van der Waals surface area contributed by atoms with Gasteiger partial charge in [0.1, 0.15) is 6.33 Å². The highest BCUT2D eigenvalue weighted by Crippen LogP contribution is 1.96. The van der Waals surface area contributed by atoms with Crippen molar-refractivity contribution in [3.63, 3.8) is 0 Å². The minimum atomic E-state index is 0. The van der Waals surface area contributed by atoms with Gasteiger partial charge in [-0.2, -0.15) is 4.37 Å². The fourth-order valence-electron chi connectivity index (χ4n) is 0.182. The first-order valence-electron chi connectivity index (χ1n) is 1.42. The van der Waals surface area contributed by atoms with E-state index in [0.717, 1.165) is 0 Å². The lowest BCUT2D eigenvalue weighted by Gasteiger charge is -1.64. The molecule has 0 aliphatic heterocycles. The highest BCUT2D eigenvalue weighted by atomic mass is 35.5. The van der Waals surface area contributed by atoms with Gasteiger partial charge in [-0.15, -0.1) is 12.4 Å². The second-order valence-electron chi connectivity index (χ2n) is 0.780. The average Bonchev–Trinajstić information content (AvgIpc) is 1.86. The summed E-state index contributed by atoms with van der Waals surface area (Å²) in [5.41, 5.74) is 5.12. The van der Waals surface area contributed by atoms with Gasteiger partial charge in [0.15, 0.2) is 5.13 Å². The smallest absolute Gasteiger partial charge is 0.199 e. The molecular weight excluding hydrogens is 134 g/mol. The van der Waals surface area contributed by atoms with Gasteiger partial charge in [0, 0.05) is 11.5 Å².